The maximum atomic E-state index is 12.3. The SMILES string of the molecule is CCN1C(=O)C[C@H]([NH2+]C2CCN(C(=O)c3cccs3)CC2)C1=O. The molecule has 124 valence electrons. The maximum absolute atomic E-state index is 12.3. The van der Waals surface area contributed by atoms with Gasteiger partial charge in [-0.2, -0.15) is 0 Å². The number of nitrogens with zero attached hydrogens (tertiary/aromatic N) is 2. The predicted molar refractivity (Wildman–Crippen MR) is 86.0 cm³/mol. The van der Waals surface area contributed by atoms with Crippen LogP contribution in [0.2, 0.25) is 0 Å². The molecule has 0 spiro atoms. The van der Waals surface area contributed by atoms with E-state index in [9.17, 15) is 14.4 Å². The van der Waals surface area contributed by atoms with Crippen LogP contribution in [0, 0.1) is 0 Å². The maximum Gasteiger partial charge on any atom is 0.287 e. The third-order valence-electron chi connectivity index (χ3n) is 4.66. The molecule has 23 heavy (non-hydrogen) atoms. The molecule has 1 atom stereocenters. The number of carbonyl (C=O) groups is 3. The molecule has 0 aromatic carbocycles. The first-order chi connectivity index (χ1) is 11.1. The third-order valence-corrected chi connectivity index (χ3v) is 5.52. The van der Waals surface area contributed by atoms with Crippen LogP contribution in [-0.4, -0.2) is 59.2 Å². The molecule has 3 amide bonds. The van der Waals surface area contributed by atoms with Gasteiger partial charge >= 0.3 is 0 Å². The fourth-order valence-corrected chi connectivity index (χ4v) is 4.06. The molecule has 2 fully saturated rings. The summed E-state index contributed by atoms with van der Waals surface area (Å²) in [6.07, 6.45) is 2.03. The Morgan fingerprint density at radius 2 is 2.09 bits per heavy atom. The largest absolute Gasteiger partial charge is 0.337 e. The van der Waals surface area contributed by atoms with Crippen molar-refractivity contribution in [2.24, 2.45) is 0 Å². The first kappa shape index (κ1) is 16.1. The van der Waals surface area contributed by atoms with E-state index in [1.54, 1.807) is 0 Å². The molecule has 3 rings (SSSR count). The van der Waals surface area contributed by atoms with Gasteiger partial charge in [0.25, 0.3) is 11.8 Å². The molecule has 6 nitrogen and oxygen atoms in total. The molecule has 2 aliphatic heterocycles. The van der Waals surface area contributed by atoms with Crippen molar-refractivity contribution in [3.8, 4) is 0 Å². The summed E-state index contributed by atoms with van der Waals surface area (Å²) < 4.78 is 0. The quantitative estimate of drug-likeness (QED) is 0.791. The van der Waals surface area contributed by atoms with E-state index in [1.165, 1.54) is 16.2 Å². The Morgan fingerprint density at radius 3 is 2.65 bits per heavy atom. The highest BCUT2D eigenvalue weighted by Gasteiger charge is 2.42. The number of hydrogen-bond acceptors (Lipinski definition) is 4. The molecule has 0 unspecified atom stereocenters. The minimum Gasteiger partial charge on any atom is -0.337 e. The molecule has 2 saturated heterocycles. The highest BCUT2D eigenvalue weighted by atomic mass is 32.1. The summed E-state index contributed by atoms with van der Waals surface area (Å²) in [7, 11) is 0. The van der Waals surface area contributed by atoms with Crippen LogP contribution >= 0.6 is 11.3 Å². The van der Waals surface area contributed by atoms with Crippen molar-refractivity contribution in [1.29, 1.82) is 0 Å². The molecular formula is C16H22N3O3S+. The summed E-state index contributed by atoms with van der Waals surface area (Å²) in [4.78, 5) is 40.3. The van der Waals surface area contributed by atoms with Crippen molar-refractivity contribution in [3.63, 3.8) is 0 Å². The molecule has 0 radical (unpaired) electrons. The summed E-state index contributed by atoms with van der Waals surface area (Å²) >= 11 is 1.47. The van der Waals surface area contributed by atoms with Gasteiger partial charge in [-0.05, 0) is 18.4 Å². The lowest BCUT2D eigenvalue weighted by Gasteiger charge is -2.31. The number of thiophene rings is 1. The van der Waals surface area contributed by atoms with E-state index in [0.717, 1.165) is 17.7 Å². The molecule has 0 saturated carbocycles. The highest BCUT2D eigenvalue weighted by molar-refractivity contribution is 7.12. The van der Waals surface area contributed by atoms with Gasteiger partial charge in [0, 0.05) is 32.5 Å². The number of quaternary nitrogens is 1. The number of likely N-dealkylation sites (N-methyl/N-ethyl adjacent to an activating group) is 1. The van der Waals surface area contributed by atoms with Gasteiger partial charge in [-0.1, -0.05) is 6.07 Å². The van der Waals surface area contributed by atoms with E-state index in [1.807, 2.05) is 34.7 Å². The average Bonchev–Trinajstić information content (AvgIpc) is 3.17. The summed E-state index contributed by atoms with van der Waals surface area (Å²) in [5.41, 5.74) is 0. The van der Waals surface area contributed by atoms with E-state index in [-0.39, 0.29) is 23.8 Å². The summed E-state index contributed by atoms with van der Waals surface area (Å²) in [6, 6.07) is 3.78. The van der Waals surface area contributed by atoms with Gasteiger partial charge in [0.2, 0.25) is 5.91 Å². The second kappa shape index (κ2) is 6.80. The summed E-state index contributed by atoms with van der Waals surface area (Å²) in [6.45, 7) is 3.71. The van der Waals surface area contributed by atoms with Gasteiger partial charge in [0.15, 0.2) is 6.04 Å². The third kappa shape index (κ3) is 3.30. The van der Waals surface area contributed by atoms with Crippen LogP contribution in [-0.2, 0) is 9.59 Å². The summed E-state index contributed by atoms with van der Waals surface area (Å²) in [5, 5.41) is 3.96. The molecule has 7 heteroatoms. The Balaban J connectivity index is 1.51. The molecule has 0 bridgehead atoms. The van der Waals surface area contributed by atoms with E-state index < -0.39 is 0 Å². The first-order valence-corrected chi connectivity index (χ1v) is 9.00. The number of rotatable bonds is 4. The van der Waals surface area contributed by atoms with Crippen LogP contribution in [0.25, 0.3) is 0 Å². The number of imide groups is 1. The lowest BCUT2D eigenvalue weighted by atomic mass is 10.0. The van der Waals surface area contributed by atoms with E-state index >= 15 is 0 Å². The van der Waals surface area contributed by atoms with E-state index in [4.69, 9.17) is 0 Å². The van der Waals surface area contributed by atoms with E-state index in [2.05, 4.69) is 0 Å². The van der Waals surface area contributed by atoms with Gasteiger partial charge in [-0.15, -0.1) is 11.3 Å². The second-order valence-corrected chi connectivity index (χ2v) is 7.03. The molecule has 3 heterocycles. The minimum absolute atomic E-state index is 0.0606. The Morgan fingerprint density at radius 1 is 1.35 bits per heavy atom. The smallest absolute Gasteiger partial charge is 0.287 e. The number of nitrogens with two attached hydrogens (primary N) is 1. The molecule has 2 N–H and O–H groups in total. The van der Waals surface area contributed by atoms with Crippen LogP contribution in [0.3, 0.4) is 0 Å². The van der Waals surface area contributed by atoms with Crippen molar-refractivity contribution in [2.75, 3.05) is 19.6 Å². The highest BCUT2D eigenvalue weighted by Crippen LogP contribution is 2.17. The fourth-order valence-electron chi connectivity index (χ4n) is 3.37. The van der Waals surface area contributed by atoms with Crippen LogP contribution in [0.5, 0.6) is 0 Å². The number of hydrogen-bond donors (Lipinski definition) is 1. The van der Waals surface area contributed by atoms with Crippen molar-refractivity contribution < 1.29 is 19.7 Å². The Bertz CT molecular complexity index is 594. The van der Waals surface area contributed by atoms with Gasteiger partial charge in [-0.25, -0.2) is 0 Å². The standard InChI is InChI=1S/C16H21N3O3S/c1-2-19-14(20)10-12(15(19)21)17-11-5-7-18(8-6-11)16(22)13-4-3-9-23-13/h3-4,9,11-12,17H,2,5-8,10H2,1H3/p+1/t12-/m0/s1. The fraction of sp³-hybridized carbons (Fsp3) is 0.562. The monoisotopic (exact) mass is 336 g/mol. The van der Waals surface area contributed by atoms with Crippen LogP contribution in [0.15, 0.2) is 17.5 Å². The lowest BCUT2D eigenvalue weighted by molar-refractivity contribution is -0.710. The van der Waals surface area contributed by atoms with Crippen LogP contribution in [0.4, 0.5) is 0 Å². The number of amides is 3. The van der Waals surface area contributed by atoms with Gasteiger partial charge in [0.1, 0.15) is 0 Å². The van der Waals surface area contributed by atoms with E-state index in [0.29, 0.717) is 32.1 Å². The molecular weight excluding hydrogens is 314 g/mol. The zero-order valence-electron chi connectivity index (χ0n) is 13.2. The minimum atomic E-state index is -0.271. The van der Waals surface area contributed by atoms with Gasteiger partial charge < -0.3 is 10.2 Å². The first-order valence-electron chi connectivity index (χ1n) is 8.12. The Kier molecular flexibility index (Phi) is 4.77. The number of piperidine rings is 1. The van der Waals surface area contributed by atoms with Gasteiger partial charge in [0.05, 0.1) is 17.3 Å². The van der Waals surface area contributed by atoms with Crippen molar-refractivity contribution in [3.05, 3.63) is 22.4 Å². The zero-order valence-corrected chi connectivity index (χ0v) is 14.1. The number of carbonyl (C=O) groups excluding carboxylic acids is 3. The average molecular weight is 336 g/mol. The van der Waals surface area contributed by atoms with Crippen molar-refractivity contribution in [1.82, 2.24) is 9.80 Å². The van der Waals surface area contributed by atoms with Crippen molar-refractivity contribution in [2.45, 2.75) is 38.3 Å². The summed E-state index contributed by atoms with van der Waals surface area (Å²) in [5.74, 6) is -0.0265. The Hall–Kier alpha value is -1.73. The van der Waals surface area contributed by atoms with Gasteiger partial charge in [-0.3, -0.25) is 19.3 Å². The molecule has 1 aromatic heterocycles. The second-order valence-electron chi connectivity index (χ2n) is 6.09. The molecule has 1 aromatic rings. The molecule has 2 aliphatic rings. The zero-order chi connectivity index (χ0) is 16.4. The normalized spacial score (nSPS) is 22.9. The topological polar surface area (TPSA) is 74.3 Å². The van der Waals surface area contributed by atoms with Crippen LogP contribution in [0.1, 0.15) is 35.9 Å². The molecule has 0 aliphatic carbocycles. The van der Waals surface area contributed by atoms with Crippen LogP contribution < -0.4 is 5.32 Å². The predicted octanol–water partition coefficient (Wildman–Crippen LogP) is 0.0635. The lowest BCUT2D eigenvalue weighted by Crippen LogP contribution is -2.97. The van der Waals surface area contributed by atoms with Crippen molar-refractivity contribution >= 4 is 29.1 Å². The number of likely N-dealkylation sites (tertiary alicyclic amines) is 2. The Labute approximate surface area is 139 Å².